The standard InChI is InChI=1S/C14H23NO3/c16-13(17)12-3-1-2-11(12)8-15-9-14(10-15)4-6-18-7-5-14/h11-12H,1-10H2,(H,16,17). The van der Waals surface area contributed by atoms with Gasteiger partial charge >= 0.3 is 5.97 Å². The number of nitrogens with zero attached hydrogens (tertiary/aromatic N) is 1. The van der Waals surface area contributed by atoms with E-state index in [9.17, 15) is 9.90 Å². The molecule has 2 heterocycles. The van der Waals surface area contributed by atoms with Crippen LogP contribution in [0.5, 0.6) is 0 Å². The van der Waals surface area contributed by atoms with Crippen molar-refractivity contribution >= 4 is 5.97 Å². The minimum atomic E-state index is -0.584. The first-order valence-electron chi connectivity index (χ1n) is 7.21. The van der Waals surface area contributed by atoms with Crippen LogP contribution in [0.1, 0.15) is 32.1 Å². The van der Waals surface area contributed by atoms with Crippen LogP contribution in [0.15, 0.2) is 0 Å². The number of hydrogen-bond donors (Lipinski definition) is 1. The summed E-state index contributed by atoms with van der Waals surface area (Å²) in [6.07, 6.45) is 5.46. The van der Waals surface area contributed by atoms with Crippen LogP contribution in [-0.2, 0) is 9.53 Å². The van der Waals surface area contributed by atoms with Crippen molar-refractivity contribution in [2.75, 3.05) is 32.8 Å². The minimum Gasteiger partial charge on any atom is -0.481 e. The number of likely N-dealkylation sites (tertiary alicyclic amines) is 1. The third-order valence-electron chi connectivity index (χ3n) is 5.14. The Morgan fingerprint density at radius 1 is 1.28 bits per heavy atom. The fourth-order valence-corrected chi connectivity index (χ4v) is 4.06. The highest BCUT2D eigenvalue weighted by Gasteiger charge is 2.45. The zero-order valence-electron chi connectivity index (χ0n) is 10.9. The van der Waals surface area contributed by atoms with Gasteiger partial charge in [0, 0.05) is 38.3 Å². The van der Waals surface area contributed by atoms with Gasteiger partial charge in [0.25, 0.3) is 0 Å². The lowest BCUT2D eigenvalue weighted by Gasteiger charge is -2.53. The van der Waals surface area contributed by atoms with Gasteiger partial charge in [-0.25, -0.2) is 0 Å². The highest BCUT2D eigenvalue weighted by atomic mass is 16.5. The molecule has 2 aliphatic heterocycles. The van der Waals surface area contributed by atoms with Gasteiger partial charge in [-0.2, -0.15) is 0 Å². The highest BCUT2D eigenvalue weighted by molar-refractivity contribution is 5.70. The molecule has 102 valence electrons. The molecular formula is C14H23NO3. The third-order valence-corrected chi connectivity index (χ3v) is 5.14. The molecule has 2 unspecified atom stereocenters. The van der Waals surface area contributed by atoms with E-state index in [1.54, 1.807) is 0 Å². The Morgan fingerprint density at radius 2 is 2.00 bits per heavy atom. The first kappa shape index (κ1) is 12.4. The average Bonchev–Trinajstić information content (AvgIpc) is 2.76. The lowest BCUT2D eigenvalue weighted by Crippen LogP contribution is -2.59. The molecule has 0 aromatic rings. The van der Waals surface area contributed by atoms with Crippen molar-refractivity contribution < 1.29 is 14.6 Å². The van der Waals surface area contributed by atoms with Crippen LogP contribution in [-0.4, -0.2) is 48.8 Å². The van der Waals surface area contributed by atoms with Gasteiger partial charge in [-0.05, 0) is 31.6 Å². The number of aliphatic carboxylic acids is 1. The Balaban J connectivity index is 1.49. The zero-order chi connectivity index (χ0) is 12.6. The topological polar surface area (TPSA) is 49.8 Å². The van der Waals surface area contributed by atoms with E-state index in [4.69, 9.17) is 4.74 Å². The summed E-state index contributed by atoms with van der Waals surface area (Å²) in [5, 5.41) is 9.19. The number of ether oxygens (including phenoxy) is 1. The van der Waals surface area contributed by atoms with E-state index < -0.39 is 5.97 Å². The zero-order valence-corrected chi connectivity index (χ0v) is 10.9. The van der Waals surface area contributed by atoms with Crippen LogP contribution < -0.4 is 0 Å². The highest BCUT2D eigenvalue weighted by Crippen LogP contribution is 2.42. The summed E-state index contributed by atoms with van der Waals surface area (Å²) in [6.45, 7) is 5.15. The third kappa shape index (κ3) is 2.28. The Labute approximate surface area is 108 Å². The Hall–Kier alpha value is -0.610. The minimum absolute atomic E-state index is 0.0868. The van der Waals surface area contributed by atoms with Gasteiger partial charge in [-0.1, -0.05) is 6.42 Å². The summed E-state index contributed by atoms with van der Waals surface area (Å²) in [5.74, 6) is -0.283. The summed E-state index contributed by atoms with van der Waals surface area (Å²) in [6, 6.07) is 0. The van der Waals surface area contributed by atoms with E-state index in [2.05, 4.69) is 4.90 Å². The van der Waals surface area contributed by atoms with Crippen LogP contribution in [0.3, 0.4) is 0 Å². The molecule has 1 saturated carbocycles. The average molecular weight is 253 g/mol. The molecule has 3 rings (SSSR count). The number of hydrogen-bond acceptors (Lipinski definition) is 3. The molecule has 1 spiro atoms. The maximum absolute atomic E-state index is 11.2. The number of rotatable bonds is 3. The van der Waals surface area contributed by atoms with Gasteiger partial charge in [0.05, 0.1) is 5.92 Å². The fraction of sp³-hybridized carbons (Fsp3) is 0.929. The fourth-order valence-electron chi connectivity index (χ4n) is 4.06. The Kier molecular flexibility index (Phi) is 3.32. The molecule has 3 fully saturated rings. The monoisotopic (exact) mass is 253 g/mol. The van der Waals surface area contributed by atoms with Crippen molar-refractivity contribution in [2.45, 2.75) is 32.1 Å². The normalized spacial score (nSPS) is 35.6. The molecule has 0 bridgehead atoms. The smallest absolute Gasteiger partial charge is 0.306 e. The van der Waals surface area contributed by atoms with Crippen LogP contribution in [0, 0.1) is 17.3 Å². The summed E-state index contributed by atoms with van der Waals surface area (Å²) in [7, 11) is 0. The van der Waals surface area contributed by atoms with E-state index >= 15 is 0 Å². The first-order valence-corrected chi connectivity index (χ1v) is 7.21. The van der Waals surface area contributed by atoms with E-state index in [0.29, 0.717) is 11.3 Å². The largest absolute Gasteiger partial charge is 0.481 e. The van der Waals surface area contributed by atoms with Gasteiger partial charge in [0.15, 0.2) is 0 Å². The second-order valence-electron chi connectivity index (χ2n) is 6.42. The second kappa shape index (κ2) is 4.82. The molecule has 2 saturated heterocycles. The lowest BCUT2D eigenvalue weighted by molar-refractivity contribution is -0.144. The maximum Gasteiger partial charge on any atom is 0.306 e. The Bertz CT molecular complexity index is 317. The molecule has 4 heteroatoms. The van der Waals surface area contributed by atoms with Crippen molar-refractivity contribution in [2.24, 2.45) is 17.3 Å². The number of carboxylic acids is 1. The lowest BCUT2D eigenvalue weighted by atomic mass is 9.73. The molecular weight excluding hydrogens is 230 g/mol. The summed E-state index contributed by atoms with van der Waals surface area (Å²) in [5.41, 5.74) is 0.509. The van der Waals surface area contributed by atoms with Gasteiger partial charge < -0.3 is 14.7 Å². The summed E-state index contributed by atoms with van der Waals surface area (Å²) < 4.78 is 5.42. The van der Waals surface area contributed by atoms with E-state index in [-0.39, 0.29) is 5.92 Å². The van der Waals surface area contributed by atoms with Crippen LogP contribution in [0.2, 0.25) is 0 Å². The van der Waals surface area contributed by atoms with Gasteiger partial charge in [-0.15, -0.1) is 0 Å². The molecule has 2 atom stereocenters. The van der Waals surface area contributed by atoms with Gasteiger partial charge in [0.1, 0.15) is 0 Å². The van der Waals surface area contributed by atoms with Gasteiger partial charge in [0.2, 0.25) is 0 Å². The molecule has 18 heavy (non-hydrogen) atoms. The molecule has 0 aromatic heterocycles. The van der Waals surface area contributed by atoms with Crippen molar-refractivity contribution in [3.63, 3.8) is 0 Å². The van der Waals surface area contributed by atoms with E-state index in [0.717, 1.165) is 39.0 Å². The molecule has 0 aromatic carbocycles. The molecule has 3 aliphatic rings. The van der Waals surface area contributed by atoms with Crippen molar-refractivity contribution in [1.82, 2.24) is 4.90 Å². The first-order chi connectivity index (χ1) is 8.69. The van der Waals surface area contributed by atoms with E-state index in [1.165, 1.54) is 25.9 Å². The quantitative estimate of drug-likeness (QED) is 0.830. The SMILES string of the molecule is O=C(O)C1CCCC1CN1CC2(CCOCC2)C1. The summed E-state index contributed by atoms with van der Waals surface area (Å²) in [4.78, 5) is 13.6. The number of carboxylic acid groups (broad SMARTS) is 1. The molecule has 1 N–H and O–H groups in total. The molecule has 1 aliphatic carbocycles. The van der Waals surface area contributed by atoms with Crippen molar-refractivity contribution in [1.29, 1.82) is 0 Å². The second-order valence-corrected chi connectivity index (χ2v) is 6.42. The predicted octanol–water partition coefficient (Wildman–Crippen LogP) is 1.60. The molecule has 0 amide bonds. The van der Waals surface area contributed by atoms with Crippen LogP contribution in [0.25, 0.3) is 0 Å². The molecule has 4 nitrogen and oxygen atoms in total. The summed E-state index contributed by atoms with van der Waals surface area (Å²) >= 11 is 0. The van der Waals surface area contributed by atoms with Gasteiger partial charge in [-0.3, -0.25) is 4.79 Å². The Morgan fingerprint density at radius 3 is 2.67 bits per heavy atom. The molecule has 0 radical (unpaired) electrons. The number of carbonyl (C=O) groups is 1. The van der Waals surface area contributed by atoms with Crippen molar-refractivity contribution in [3.05, 3.63) is 0 Å². The van der Waals surface area contributed by atoms with Crippen LogP contribution >= 0.6 is 0 Å². The maximum atomic E-state index is 11.2. The van der Waals surface area contributed by atoms with Crippen LogP contribution in [0.4, 0.5) is 0 Å². The predicted molar refractivity (Wildman–Crippen MR) is 67.4 cm³/mol. The van der Waals surface area contributed by atoms with Crippen molar-refractivity contribution in [3.8, 4) is 0 Å². The van der Waals surface area contributed by atoms with E-state index in [1.807, 2.05) is 0 Å².